The quantitative estimate of drug-likeness (QED) is 0.208. The highest BCUT2D eigenvalue weighted by Gasteiger charge is 2.35. The van der Waals surface area contributed by atoms with E-state index < -0.39 is 8.32 Å². The first-order chi connectivity index (χ1) is 12.2. The number of hydrogen-bond acceptors (Lipinski definition) is 1. The van der Waals surface area contributed by atoms with Crippen LogP contribution in [0.1, 0.15) is 111 Å². The first kappa shape index (κ1) is 22.8. The predicted octanol–water partition coefficient (Wildman–Crippen LogP) is 8.61. The third-order valence-electron chi connectivity index (χ3n) is 5.81. The van der Waals surface area contributed by atoms with Crippen LogP contribution in [0.2, 0.25) is 18.1 Å². The van der Waals surface area contributed by atoms with Crippen LogP contribution >= 0.6 is 0 Å². The van der Waals surface area contributed by atoms with Crippen molar-refractivity contribution in [1.29, 1.82) is 0 Å². The highest BCUT2D eigenvalue weighted by Crippen LogP contribution is 2.34. The second-order valence-corrected chi connectivity index (χ2v) is 12.4. The smallest absolute Gasteiger partial charge is 0.250 e. The SMILES string of the molecule is CCCCCCCCC1C=C(O[Si](CCC)(CCC)CCC)CCC1. The molecule has 1 rings (SSSR count). The Morgan fingerprint density at radius 2 is 1.44 bits per heavy atom. The molecule has 0 radical (unpaired) electrons. The summed E-state index contributed by atoms with van der Waals surface area (Å²) in [5.74, 6) is 2.19. The highest BCUT2D eigenvalue weighted by molar-refractivity contribution is 6.74. The number of unbranched alkanes of at least 4 members (excludes halogenated alkanes) is 5. The maximum absolute atomic E-state index is 6.89. The zero-order valence-corrected chi connectivity index (χ0v) is 18.9. The summed E-state index contributed by atoms with van der Waals surface area (Å²) in [6.07, 6.45) is 20.3. The Morgan fingerprint density at radius 1 is 0.840 bits per heavy atom. The normalized spacial score (nSPS) is 18.2. The molecule has 1 atom stereocenters. The maximum Gasteiger partial charge on any atom is 0.250 e. The summed E-state index contributed by atoms with van der Waals surface area (Å²) in [6.45, 7) is 9.32. The molecule has 0 fully saturated rings. The maximum atomic E-state index is 6.89. The first-order valence-corrected chi connectivity index (χ1v) is 14.1. The summed E-state index contributed by atoms with van der Waals surface area (Å²) in [6, 6.07) is 4.07. The van der Waals surface area contributed by atoms with E-state index in [9.17, 15) is 0 Å². The van der Waals surface area contributed by atoms with Gasteiger partial charge in [-0.1, -0.05) is 85.5 Å². The average Bonchev–Trinajstić information content (AvgIpc) is 2.59. The van der Waals surface area contributed by atoms with Crippen LogP contribution in [0.15, 0.2) is 11.8 Å². The van der Waals surface area contributed by atoms with Gasteiger partial charge in [0.15, 0.2) is 0 Å². The van der Waals surface area contributed by atoms with E-state index >= 15 is 0 Å². The second kappa shape index (κ2) is 13.9. The van der Waals surface area contributed by atoms with Gasteiger partial charge in [-0.05, 0) is 49.4 Å². The largest absolute Gasteiger partial charge is 0.547 e. The fraction of sp³-hybridized carbons (Fsp3) is 0.913. The minimum atomic E-state index is -1.53. The Hall–Kier alpha value is -0.243. The molecule has 148 valence electrons. The van der Waals surface area contributed by atoms with Gasteiger partial charge in [0.05, 0.1) is 5.76 Å². The predicted molar refractivity (Wildman–Crippen MR) is 116 cm³/mol. The van der Waals surface area contributed by atoms with Crippen LogP contribution in [-0.4, -0.2) is 8.32 Å². The van der Waals surface area contributed by atoms with Gasteiger partial charge in [0.1, 0.15) is 0 Å². The van der Waals surface area contributed by atoms with Crippen LogP contribution in [0.25, 0.3) is 0 Å². The molecule has 0 N–H and O–H groups in total. The molecular weight excluding hydrogens is 320 g/mol. The van der Waals surface area contributed by atoms with Crippen LogP contribution < -0.4 is 0 Å². The Kier molecular flexibility index (Phi) is 12.7. The lowest BCUT2D eigenvalue weighted by Gasteiger charge is -2.35. The Labute approximate surface area is 160 Å². The van der Waals surface area contributed by atoms with Crippen molar-refractivity contribution in [3.05, 3.63) is 11.8 Å². The van der Waals surface area contributed by atoms with Gasteiger partial charge in [-0.3, -0.25) is 0 Å². The van der Waals surface area contributed by atoms with Gasteiger partial charge in [0, 0.05) is 6.42 Å². The molecule has 1 aliphatic rings. The molecule has 1 nitrogen and oxygen atoms in total. The molecule has 1 aliphatic carbocycles. The fourth-order valence-corrected chi connectivity index (χ4v) is 9.16. The van der Waals surface area contributed by atoms with Crippen molar-refractivity contribution >= 4 is 8.32 Å². The molecule has 0 amide bonds. The molecule has 0 aromatic heterocycles. The van der Waals surface area contributed by atoms with Crippen LogP contribution in [0.5, 0.6) is 0 Å². The topological polar surface area (TPSA) is 9.23 Å². The van der Waals surface area contributed by atoms with E-state index in [1.54, 1.807) is 0 Å². The van der Waals surface area contributed by atoms with Gasteiger partial charge in [-0.15, -0.1) is 0 Å². The summed E-state index contributed by atoms with van der Waals surface area (Å²) in [5.41, 5.74) is 0. The van der Waals surface area contributed by atoms with E-state index in [0.29, 0.717) is 0 Å². The van der Waals surface area contributed by atoms with Crippen molar-refractivity contribution in [1.82, 2.24) is 0 Å². The van der Waals surface area contributed by atoms with Crippen molar-refractivity contribution in [3.8, 4) is 0 Å². The van der Waals surface area contributed by atoms with E-state index in [1.807, 2.05) is 0 Å². The van der Waals surface area contributed by atoms with Crippen molar-refractivity contribution < 1.29 is 4.43 Å². The van der Waals surface area contributed by atoms with Crippen LogP contribution in [0.3, 0.4) is 0 Å². The van der Waals surface area contributed by atoms with Crippen molar-refractivity contribution in [2.45, 2.75) is 129 Å². The third-order valence-corrected chi connectivity index (χ3v) is 10.7. The number of hydrogen-bond donors (Lipinski definition) is 0. The van der Waals surface area contributed by atoms with Crippen molar-refractivity contribution in [2.75, 3.05) is 0 Å². The van der Waals surface area contributed by atoms with Crippen molar-refractivity contribution in [2.24, 2.45) is 5.92 Å². The van der Waals surface area contributed by atoms with Gasteiger partial charge in [-0.2, -0.15) is 0 Å². The summed E-state index contributed by atoms with van der Waals surface area (Å²) < 4.78 is 6.89. The minimum Gasteiger partial charge on any atom is -0.547 e. The van der Waals surface area contributed by atoms with E-state index in [1.165, 1.54) is 107 Å². The summed E-state index contributed by atoms with van der Waals surface area (Å²) in [5, 5.41) is 0. The van der Waals surface area contributed by atoms with Gasteiger partial charge < -0.3 is 4.43 Å². The first-order valence-electron chi connectivity index (χ1n) is 11.6. The zero-order valence-electron chi connectivity index (χ0n) is 17.9. The van der Waals surface area contributed by atoms with E-state index in [2.05, 4.69) is 33.8 Å². The van der Waals surface area contributed by atoms with E-state index in [-0.39, 0.29) is 0 Å². The Bertz CT molecular complexity index is 333. The fourth-order valence-electron chi connectivity index (χ4n) is 4.64. The standard InChI is InChI=1S/C23H46OSi/c1-5-9-10-11-12-13-15-22-16-14-17-23(21-22)24-25(18-6-2,19-7-3)20-8-4/h21-22H,5-20H2,1-4H3. The Morgan fingerprint density at radius 3 is 2.04 bits per heavy atom. The molecule has 25 heavy (non-hydrogen) atoms. The summed E-state index contributed by atoms with van der Waals surface area (Å²) >= 11 is 0. The molecule has 0 aromatic rings. The molecule has 0 saturated carbocycles. The second-order valence-electron chi connectivity index (χ2n) is 8.38. The summed E-state index contributed by atoms with van der Waals surface area (Å²) in [4.78, 5) is 0. The average molecular weight is 367 g/mol. The molecule has 0 aliphatic heterocycles. The number of allylic oxidation sites excluding steroid dienone is 2. The molecule has 0 aromatic carbocycles. The molecule has 2 heteroatoms. The van der Waals surface area contributed by atoms with Gasteiger partial charge in [0.25, 0.3) is 8.32 Å². The summed E-state index contributed by atoms with van der Waals surface area (Å²) in [7, 11) is -1.53. The van der Waals surface area contributed by atoms with Crippen molar-refractivity contribution in [3.63, 3.8) is 0 Å². The highest BCUT2D eigenvalue weighted by atomic mass is 28.4. The molecule has 0 spiro atoms. The lowest BCUT2D eigenvalue weighted by Crippen LogP contribution is -2.37. The molecule has 0 saturated heterocycles. The molecule has 1 unspecified atom stereocenters. The van der Waals surface area contributed by atoms with Gasteiger partial charge >= 0.3 is 0 Å². The Balaban J connectivity index is 2.52. The van der Waals surface area contributed by atoms with Crippen LogP contribution in [-0.2, 0) is 4.43 Å². The van der Waals surface area contributed by atoms with Gasteiger partial charge in [-0.25, -0.2) is 0 Å². The number of rotatable bonds is 15. The molecular formula is C23H46OSi. The zero-order chi connectivity index (χ0) is 18.4. The molecule has 0 bridgehead atoms. The van der Waals surface area contributed by atoms with E-state index in [0.717, 1.165) is 5.92 Å². The monoisotopic (exact) mass is 366 g/mol. The molecule has 0 heterocycles. The lowest BCUT2D eigenvalue weighted by atomic mass is 9.90. The van der Waals surface area contributed by atoms with Crippen LogP contribution in [0.4, 0.5) is 0 Å². The lowest BCUT2D eigenvalue weighted by molar-refractivity contribution is 0.336. The van der Waals surface area contributed by atoms with E-state index in [4.69, 9.17) is 4.43 Å². The van der Waals surface area contributed by atoms with Gasteiger partial charge in [0.2, 0.25) is 0 Å². The van der Waals surface area contributed by atoms with Crippen LogP contribution in [0, 0.1) is 5.92 Å². The third kappa shape index (κ3) is 9.31. The minimum absolute atomic E-state index is 0.798.